The molecule has 0 saturated heterocycles. The van der Waals surface area contributed by atoms with Crippen molar-refractivity contribution < 1.29 is 28.2 Å². The fraction of sp³-hybridized carbons (Fsp3) is 0.231. The highest BCUT2D eigenvalue weighted by Crippen LogP contribution is 2.31. The predicted octanol–water partition coefficient (Wildman–Crippen LogP) is 4.40. The number of rotatable bonds is 6. The van der Waals surface area contributed by atoms with Crippen LogP contribution < -0.4 is 19.5 Å². The Balaban J connectivity index is 1.58. The van der Waals surface area contributed by atoms with Crippen LogP contribution in [0.5, 0.6) is 17.2 Å². The number of methoxy groups -OCH3 is 2. The van der Waals surface area contributed by atoms with Gasteiger partial charge >= 0.3 is 0 Å². The SMILES string of the molecule is COc1ccc(CN2Cc3cc(NC(=O)c4ccc(F)cc4)ccc3OC(C)C2=O)c(OC)c1. The van der Waals surface area contributed by atoms with Gasteiger partial charge < -0.3 is 24.4 Å². The van der Waals surface area contributed by atoms with Crippen LogP contribution in [0.25, 0.3) is 0 Å². The third-order valence-electron chi connectivity index (χ3n) is 5.60. The van der Waals surface area contributed by atoms with Crippen molar-refractivity contribution in [3.05, 3.63) is 83.2 Å². The fourth-order valence-electron chi connectivity index (χ4n) is 3.80. The summed E-state index contributed by atoms with van der Waals surface area (Å²) in [5.74, 6) is 0.914. The van der Waals surface area contributed by atoms with Gasteiger partial charge in [0.05, 0.1) is 14.2 Å². The molecule has 1 N–H and O–H groups in total. The highest BCUT2D eigenvalue weighted by atomic mass is 19.1. The summed E-state index contributed by atoms with van der Waals surface area (Å²) in [5.41, 5.74) is 2.46. The van der Waals surface area contributed by atoms with E-state index >= 15 is 0 Å². The monoisotopic (exact) mass is 464 g/mol. The van der Waals surface area contributed by atoms with Crippen molar-refractivity contribution in [1.82, 2.24) is 4.90 Å². The van der Waals surface area contributed by atoms with E-state index < -0.39 is 11.9 Å². The van der Waals surface area contributed by atoms with Crippen molar-refractivity contribution in [2.45, 2.75) is 26.1 Å². The Morgan fingerprint density at radius 1 is 1.09 bits per heavy atom. The lowest BCUT2D eigenvalue weighted by Crippen LogP contribution is -2.37. The third kappa shape index (κ3) is 4.96. The molecule has 0 spiro atoms. The van der Waals surface area contributed by atoms with Gasteiger partial charge in [0.15, 0.2) is 6.10 Å². The molecule has 7 nitrogen and oxygen atoms in total. The average Bonchev–Trinajstić information content (AvgIpc) is 2.95. The van der Waals surface area contributed by atoms with Crippen LogP contribution in [0.2, 0.25) is 0 Å². The van der Waals surface area contributed by atoms with Crippen molar-refractivity contribution in [3.63, 3.8) is 0 Å². The van der Waals surface area contributed by atoms with Crippen LogP contribution in [-0.2, 0) is 17.9 Å². The summed E-state index contributed by atoms with van der Waals surface area (Å²) in [7, 11) is 3.15. The van der Waals surface area contributed by atoms with E-state index in [2.05, 4.69) is 5.32 Å². The van der Waals surface area contributed by atoms with Crippen LogP contribution in [0, 0.1) is 5.82 Å². The van der Waals surface area contributed by atoms with Gasteiger partial charge in [0.2, 0.25) is 0 Å². The second-order valence-electron chi connectivity index (χ2n) is 7.92. The summed E-state index contributed by atoms with van der Waals surface area (Å²) in [6.45, 7) is 2.30. The first-order chi connectivity index (χ1) is 16.4. The standard InChI is InChI=1S/C26H25FN2O5/c1-16-26(31)29(14-18-6-10-22(32-2)13-24(18)33-3)15-19-12-21(9-11-23(19)34-16)28-25(30)17-4-7-20(27)8-5-17/h4-13,16H,14-15H2,1-3H3,(H,28,30). The van der Waals surface area contributed by atoms with Gasteiger partial charge in [-0.05, 0) is 61.5 Å². The number of anilines is 1. The summed E-state index contributed by atoms with van der Waals surface area (Å²) in [6.07, 6.45) is -0.676. The number of carbonyl (C=O) groups is 2. The van der Waals surface area contributed by atoms with E-state index in [0.29, 0.717) is 35.0 Å². The summed E-state index contributed by atoms with van der Waals surface area (Å²) in [5, 5.41) is 2.81. The largest absolute Gasteiger partial charge is 0.497 e. The molecule has 34 heavy (non-hydrogen) atoms. The van der Waals surface area contributed by atoms with E-state index in [1.807, 2.05) is 12.1 Å². The molecule has 3 aromatic carbocycles. The Bertz CT molecular complexity index is 1210. The lowest BCUT2D eigenvalue weighted by molar-refractivity contribution is -0.138. The van der Waals surface area contributed by atoms with E-state index in [1.165, 1.54) is 24.3 Å². The molecule has 1 aliphatic rings. The van der Waals surface area contributed by atoms with Crippen molar-refractivity contribution in [2.24, 2.45) is 0 Å². The molecule has 0 saturated carbocycles. The average molecular weight is 464 g/mol. The van der Waals surface area contributed by atoms with Crippen LogP contribution in [0.1, 0.15) is 28.4 Å². The number of halogens is 1. The molecule has 1 heterocycles. The zero-order chi connectivity index (χ0) is 24.2. The van der Waals surface area contributed by atoms with E-state index in [9.17, 15) is 14.0 Å². The Kier molecular flexibility index (Phi) is 6.67. The molecular formula is C26H25FN2O5. The third-order valence-corrected chi connectivity index (χ3v) is 5.60. The molecule has 2 amide bonds. The maximum atomic E-state index is 13.2. The topological polar surface area (TPSA) is 77.1 Å². The van der Waals surface area contributed by atoms with Crippen molar-refractivity contribution in [3.8, 4) is 17.2 Å². The second kappa shape index (κ2) is 9.82. The number of amides is 2. The van der Waals surface area contributed by atoms with E-state index in [-0.39, 0.29) is 18.4 Å². The van der Waals surface area contributed by atoms with Crippen molar-refractivity contribution in [1.29, 1.82) is 0 Å². The summed E-state index contributed by atoms with van der Waals surface area (Å²) in [4.78, 5) is 27.3. The highest BCUT2D eigenvalue weighted by Gasteiger charge is 2.29. The van der Waals surface area contributed by atoms with Gasteiger partial charge in [-0.15, -0.1) is 0 Å². The Labute approximate surface area is 197 Å². The van der Waals surface area contributed by atoms with Crippen LogP contribution >= 0.6 is 0 Å². The Morgan fingerprint density at radius 3 is 2.56 bits per heavy atom. The molecule has 176 valence electrons. The molecule has 1 unspecified atom stereocenters. The number of carbonyl (C=O) groups excluding carboxylic acids is 2. The van der Waals surface area contributed by atoms with Crippen LogP contribution in [0.15, 0.2) is 60.7 Å². The van der Waals surface area contributed by atoms with Crippen LogP contribution in [0.3, 0.4) is 0 Å². The van der Waals surface area contributed by atoms with Crippen LogP contribution in [-0.4, -0.2) is 37.0 Å². The highest BCUT2D eigenvalue weighted by molar-refractivity contribution is 6.04. The number of ether oxygens (including phenoxy) is 3. The zero-order valence-electron chi connectivity index (χ0n) is 19.1. The maximum Gasteiger partial charge on any atom is 0.263 e. The number of nitrogens with zero attached hydrogens (tertiary/aromatic N) is 1. The minimum Gasteiger partial charge on any atom is -0.497 e. The summed E-state index contributed by atoms with van der Waals surface area (Å²) < 4.78 is 29.8. The molecule has 4 rings (SSSR count). The van der Waals surface area contributed by atoms with Gasteiger partial charge in [-0.2, -0.15) is 0 Å². The quantitative estimate of drug-likeness (QED) is 0.585. The minimum absolute atomic E-state index is 0.161. The lowest BCUT2D eigenvalue weighted by Gasteiger charge is -2.23. The number of hydrogen-bond donors (Lipinski definition) is 1. The number of nitrogens with one attached hydrogen (secondary N) is 1. The molecule has 0 fully saturated rings. The lowest BCUT2D eigenvalue weighted by atomic mass is 10.1. The molecule has 0 aromatic heterocycles. The van der Waals surface area contributed by atoms with Gasteiger partial charge in [-0.25, -0.2) is 4.39 Å². The molecule has 0 bridgehead atoms. The van der Waals surface area contributed by atoms with Crippen LogP contribution in [0.4, 0.5) is 10.1 Å². The molecule has 0 aliphatic carbocycles. The van der Waals surface area contributed by atoms with Gasteiger partial charge in [-0.3, -0.25) is 9.59 Å². The van der Waals surface area contributed by atoms with Gasteiger partial charge in [-0.1, -0.05) is 0 Å². The van der Waals surface area contributed by atoms with Crippen molar-refractivity contribution in [2.75, 3.05) is 19.5 Å². The van der Waals surface area contributed by atoms with Gasteiger partial charge in [0, 0.05) is 41.5 Å². The Morgan fingerprint density at radius 2 is 1.85 bits per heavy atom. The smallest absolute Gasteiger partial charge is 0.263 e. The number of hydrogen-bond acceptors (Lipinski definition) is 5. The van der Waals surface area contributed by atoms with Gasteiger partial charge in [0.25, 0.3) is 11.8 Å². The van der Waals surface area contributed by atoms with E-state index in [4.69, 9.17) is 14.2 Å². The Hall–Kier alpha value is -4.07. The van der Waals surface area contributed by atoms with E-state index in [0.717, 1.165) is 11.1 Å². The molecular weight excluding hydrogens is 439 g/mol. The fourth-order valence-corrected chi connectivity index (χ4v) is 3.80. The van der Waals surface area contributed by atoms with E-state index in [1.54, 1.807) is 50.3 Å². The van der Waals surface area contributed by atoms with Crippen molar-refractivity contribution >= 4 is 17.5 Å². The summed E-state index contributed by atoms with van der Waals surface area (Å²) in [6, 6.07) is 16.0. The maximum absolute atomic E-state index is 13.2. The first-order valence-corrected chi connectivity index (χ1v) is 10.7. The predicted molar refractivity (Wildman–Crippen MR) is 125 cm³/mol. The molecule has 0 radical (unpaired) electrons. The number of fused-ring (bicyclic) bond motifs is 1. The molecule has 3 aromatic rings. The summed E-state index contributed by atoms with van der Waals surface area (Å²) >= 11 is 0. The molecule has 8 heteroatoms. The molecule has 1 aliphatic heterocycles. The number of benzene rings is 3. The normalized spacial score (nSPS) is 15.1. The first kappa shape index (κ1) is 23.1. The minimum atomic E-state index is -0.676. The van der Waals surface area contributed by atoms with Gasteiger partial charge in [0.1, 0.15) is 23.1 Å². The second-order valence-corrected chi connectivity index (χ2v) is 7.92. The molecule has 1 atom stereocenters. The first-order valence-electron chi connectivity index (χ1n) is 10.7. The zero-order valence-corrected chi connectivity index (χ0v) is 19.1.